The Morgan fingerprint density at radius 2 is 1.75 bits per heavy atom. The van der Waals surface area contributed by atoms with Gasteiger partial charge in [-0.2, -0.15) is 0 Å². The molecule has 1 aromatic heterocycles. The quantitative estimate of drug-likeness (QED) is 0.653. The van der Waals surface area contributed by atoms with Gasteiger partial charge in [0.25, 0.3) is 0 Å². The van der Waals surface area contributed by atoms with Crippen molar-refractivity contribution in [2.75, 3.05) is 13.1 Å². The topological polar surface area (TPSA) is 72.3 Å². The van der Waals surface area contributed by atoms with E-state index < -0.39 is 0 Å². The minimum atomic E-state index is 0.551. The molecule has 1 saturated heterocycles. The van der Waals surface area contributed by atoms with Crippen LogP contribution < -0.4 is 5.73 Å². The molecule has 20 heavy (non-hydrogen) atoms. The van der Waals surface area contributed by atoms with Gasteiger partial charge >= 0.3 is 0 Å². The summed E-state index contributed by atoms with van der Waals surface area (Å²) >= 11 is 0. The summed E-state index contributed by atoms with van der Waals surface area (Å²) in [6.45, 7) is 3.65. The fourth-order valence-corrected chi connectivity index (χ4v) is 3.04. The number of aryl methyl sites for hydroxylation is 1. The van der Waals surface area contributed by atoms with E-state index in [9.17, 15) is 0 Å². The molecule has 0 aliphatic carbocycles. The summed E-state index contributed by atoms with van der Waals surface area (Å²) in [6, 6.07) is 0. The third-order valence-electron chi connectivity index (χ3n) is 4.25. The molecule has 0 spiro atoms. The van der Waals surface area contributed by atoms with Crippen molar-refractivity contribution in [3.63, 3.8) is 0 Å². The van der Waals surface area contributed by atoms with Crippen LogP contribution in [0.4, 0.5) is 0 Å². The van der Waals surface area contributed by atoms with Gasteiger partial charge in [0.1, 0.15) is 12.4 Å². The Morgan fingerprint density at radius 1 is 1.00 bits per heavy atom. The maximum Gasteiger partial charge on any atom is 0.191 e. The molecule has 0 atom stereocenters. The zero-order chi connectivity index (χ0) is 13.8. The summed E-state index contributed by atoms with van der Waals surface area (Å²) in [5, 5.41) is 8.52. The van der Waals surface area contributed by atoms with Gasteiger partial charge < -0.3 is 15.2 Å². The number of hydrogen-bond donors (Lipinski definition) is 1. The fourth-order valence-electron chi connectivity index (χ4n) is 3.04. The molecule has 3 rings (SSSR count). The number of rotatable bonds is 2. The van der Waals surface area contributed by atoms with Crippen LogP contribution in [0.15, 0.2) is 4.99 Å². The van der Waals surface area contributed by atoms with Crippen LogP contribution in [0.25, 0.3) is 0 Å². The van der Waals surface area contributed by atoms with Crippen molar-refractivity contribution in [1.29, 1.82) is 0 Å². The predicted octanol–water partition coefficient (Wildman–Crippen LogP) is 1.31. The van der Waals surface area contributed by atoms with E-state index in [2.05, 4.69) is 24.7 Å². The van der Waals surface area contributed by atoms with Gasteiger partial charge in [-0.1, -0.05) is 12.8 Å². The number of aromatic nitrogens is 3. The highest BCUT2D eigenvalue weighted by Crippen LogP contribution is 2.15. The molecule has 2 aliphatic heterocycles. The lowest BCUT2D eigenvalue weighted by molar-refractivity contribution is 0.427. The van der Waals surface area contributed by atoms with Crippen LogP contribution in [-0.4, -0.2) is 38.7 Å². The highest BCUT2D eigenvalue weighted by Gasteiger charge is 2.16. The zero-order valence-corrected chi connectivity index (χ0v) is 12.1. The molecule has 0 radical (unpaired) electrons. The number of guanidine groups is 1. The molecule has 3 heterocycles. The second kappa shape index (κ2) is 6.24. The molecule has 1 fully saturated rings. The standard InChI is InChI=1S/C14H24N6/c15-14(19-8-4-1-2-5-9-19)16-11-13-18-17-12-7-3-6-10-20(12)13/h1-11H2,(H2,15,16). The summed E-state index contributed by atoms with van der Waals surface area (Å²) in [5.74, 6) is 2.73. The molecule has 6 heteroatoms. The Balaban J connectivity index is 1.65. The van der Waals surface area contributed by atoms with Gasteiger partial charge in [0.2, 0.25) is 0 Å². The molecule has 0 saturated carbocycles. The fraction of sp³-hybridized carbons (Fsp3) is 0.786. The number of likely N-dealkylation sites (tertiary alicyclic amines) is 1. The van der Waals surface area contributed by atoms with Crippen molar-refractivity contribution >= 4 is 5.96 Å². The van der Waals surface area contributed by atoms with Gasteiger partial charge in [-0.25, -0.2) is 4.99 Å². The summed E-state index contributed by atoms with van der Waals surface area (Å²) in [4.78, 5) is 6.75. The van der Waals surface area contributed by atoms with E-state index in [0.717, 1.165) is 37.7 Å². The van der Waals surface area contributed by atoms with Gasteiger partial charge in [0, 0.05) is 26.1 Å². The van der Waals surface area contributed by atoms with E-state index in [1.54, 1.807) is 0 Å². The number of nitrogens with two attached hydrogens (primary N) is 1. The first-order chi connectivity index (χ1) is 9.84. The van der Waals surface area contributed by atoms with Gasteiger partial charge in [-0.15, -0.1) is 10.2 Å². The summed E-state index contributed by atoms with van der Waals surface area (Å²) in [6.07, 6.45) is 8.52. The normalized spacial score (nSPS) is 20.6. The minimum absolute atomic E-state index is 0.551. The van der Waals surface area contributed by atoms with Crippen LogP contribution in [-0.2, 0) is 19.5 Å². The first kappa shape index (κ1) is 13.4. The Labute approximate surface area is 120 Å². The number of nitrogens with zero attached hydrogens (tertiary/aromatic N) is 5. The second-order valence-corrected chi connectivity index (χ2v) is 5.72. The Hall–Kier alpha value is -1.59. The highest BCUT2D eigenvalue weighted by atomic mass is 15.3. The third kappa shape index (κ3) is 2.94. The molecule has 0 bridgehead atoms. The molecule has 0 unspecified atom stereocenters. The van der Waals surface area contributed by atoms with E-state index in [1.807, 2.05) is 0 Å². The number of fused-ring (bicyclic) bond motifs is 1. The zero-order valence-electron chi connectivity index (χ0n) is 12.1. The van der Waals surface area contributed by atoms with Crippen molar-refractivity contribution in [3.8, 4) is 0 Å². The van der Waals surface area contributed by atoms with Crippen LogP contribution >= 0.6 is 0 Å². The first-order valence-corrected chi connectivity index (χ1v) is 7.80. The summed E-state index contributed by atoms with van der Waals surface area (Å²) < 4.78 is 2.21. The van der Waals surface area contributed by atoms with Crippen LogP contribution in [0.5, 0.6) is 0 Å². The lowest BCUT2D eigenvalue weighted by atomic mass is 10.2. The molecule has 2 N–H and O–H groups in total. The molecule has 110 valence electrons. The second-order valence-electron chi connectivity index (χ2n) is 5.72. The van der Waals surface area contributed by atoms with Crippen LogP contribution in [0, 0.1) is 0 Å². The SMILES string of the molecule is NC(=NCc1nnc2n1CCCC2)N1CCCCCC1. The highest BCUT2D eigenvalue weighted by molar-refractivity contribution is 5.78. The Bertz CT molecular complexity index is 470. The van der Waals surface area contributed by atoms with E-state index in [1.165, 1.54) is 38.5 Å². The summed E-state index contributed by atoms with van der Waals surface area (Å²) in [5.41, 5.74) is 6.13. The monoisotopic (exact) mass is 276 g/mol. The van der Waals surface area contributed by atoms with E-state index in [0.29, 0.717) is 12.5 Å². The molecular formula is C14H24N6. The smallest absolute Gasteiger partial charge is 0.191 e. The Kier molecular flexibility index (Phi) is 4.18. The average Bonchev–Trinajstić information content (AvgIpc) is 2.70. The third-order valence-corrected chi connectivity index (χ3v) is 4.25. The molecule has 1 aromatic rings. The van der Waals surface area contributed by atoms with Gasteiger partial charge in [0.05, 0.1) is 0 Å². The van der Waals surface area contributed by atoms with Crippen LogP contribution in [0.2, 0.25) is 0 Å². The maximum atomic E-state index is 6.13. The molecule has 0 aromatic carbocycles. The minimum Gasteiger partial charge on any atom is -0.370 e. The lowest BCUT2D eigenvalue weighted by Gasteiger charge is -2.21. The Morgan fingerprint density at radius 3 is 2.55 bits per heavy atom. The van der Waals surface area contributed by atoms with E-state index in [4.69, 9.17) is 5.73 Å². The maximum absolute atomic E-state index is 6.13. The molecule has 6 nitrogen and oxygen atoms in total. The van der Waals surface area contributed by atoms with Crippen LogP contribution in [0.1, 0.15) is 50.2 Å². The first-order valence-electron chi connectivity index (χ1n) is 7.80. The van der Waals surface area contributed by atoms with Crippen molar-refractivity contribution < 1.29 is 0 Å². The lowest BCUT2D eigenvalue weighted by Crippen LogP contribution is -2.38. The van der Waals surface area contributed by atoms with E-state index >= 15 is 0 Å². The van der Waals surface area contributed by atoms with Gasteiger partial charge in [-0.05, 0) is 25.7 Å². The molecule has 2 aliphatic rings. The number of aliphatic imine (C=N–C) groups is 1. The average molecular weight is 276 g/mol. The van der Waals surface area contributed by atoms with Crippen LogP contribution in [0.3, 0.4) is 0 Å². The van der Waals surface area contributed by atoms with Gasteiger partial charge in [-0.3, -0.25) is 0 Å². The largest absolute Gasteiger partial charge is 0.370 e. The van der Waals surface area contributed by atoms with Crippen molar-refractivity contribution in [2.45, 2.75) is 58.0 Å². The number of hydrogen-bond acceptors (Lipinski definition) is 3. The molecular weight excluding hydrogens is 252 g/mol. The summed E-state index contributed by atoms with van der Waals surface area (Å²) in [7, 11) is 0. The van der Waals surface area contributed by atoms with Gasteiger partial charge in [0.15, 0.2) is 11.8 Å². The molecule has 0 amide bonds. The van der Waals surface area contributed by atoms with Crippen molar-refractivity contribution in [1.82, 2.24) is 19.7 Å². The van der Waals surface area contributed by atoms with E-state index in [-0.39, 0.29) is 0 Å². The van der Waals surface area contributed by atoms with Crippen molar-refractivity contribution in [2.24, 2.45) is 10.7 Å². The predicted molar refractivity (Wildman–Crippen MR) is 78.3 cm³/mol. The van der Waals surface area contributed by atoms with Crippen molar-refractivity contribution in [3.05, 3.63) is 11.6 Å².